The number of hydrogen-bond acceptors (Lipinski definition) is 6. The van der Waals surface area contributed by atoms with Gasteiger partial charge < -0.3 is 19.2 Å². The number of carbonyl (C=O) groups is 1. The number of nitrogens with one attached hydrogen (secondary N) is 1. The fourth-order valence-electron chi connectivity index (χ4n) is 2.86. The molecule has 1 aromatic carbocycles. The first kappa shape index (κ1) is 19.2. The number of pyridine rings is 1. The van der Waals surface area contributed by atoms with Crippen LogP contribution in [-0.2, 0) is 4.79 Å². The largest absolute Gasteiger partial charge is 0.493 e. The summed E-state index contributed by atoms with van der Waals surface area (Å²) in [5, 5.41) is 2.73. The molecule has 1 aliphatic rings. The van der Waals surface area contributed by atoms with Crippen LogP contribution < -0.4 is 14.8 Å². The molecule has 4 rings (SSSR count). The van der Waals surface area contributed by atoms with Crippen LogP contribution in [0.2, 0.25) is 0 Å². The van der Waals surface area contributed by atoms with E-state index in [1.807, 2.05) is 6.92 Å². The molecule has 2 heterocycles. The van der Waals surface area contributed by atoms with Crippen molar-refractivity contribution < 1.29 is 23.1 Å². The minimum Gasteiger partial charge on any atom is -0.493 e. The van der Waals surface area contributed by atoms with Crippen LogP contribution in [0.25, 0.3) is 22.6 Å². The van der Waals surface area contributed by atoms with Crippen molar-refractivity contribution in [2.75, 3.05) is 13.2 Å². The number of ether oxygens (including phenoxy) is 2. The van der Waals surface area contributed by atoms with Crippen molar-refractivity contribution in [1.82, 2.24) is 15.3 Å². The van der Waals surface area contributed by atoms with Gasteiger partial charge in [0, 0.05) is 19.1 Å². The van der Waals surface area contributed by atoms with E-state index in [9.17, 15) is 9.18 Å². The van der Waals surface area contributed by atoms with Gasteiger partial charge in [-0.05, 0) is 37.8 Å². The van der Waals surface area contributed by atoms with Gasteiger partial charge in [-0.15, -0.1) is 0 Å². The van der Waals surface area contributed by atoms with Crippen molar-refractivity contribution in [2.24, 2.45) is 5.92 Å². The first-order chi connectivity index (χ1) is 14.0. The summed E-state index contributed by atoms with van der Waals surface area (Å²) in [6, 6.07) is 6.10. The number of halogens is 1. The molecular weight excluding hydrogens is 377 g/mol. The van der Waals surface area contributed by atoms with Crippen molar-refractivity contribution in [2.45, 2.75) is 32.7 Å². The first-order valence-corrected chi connectivity index (χ1v) is 9.57. The second kappa shape index (κ2) is 8.06. The molecular formula is C21H22FN3O4. The highest BCUT2D eigenvalue weighted by molar-refractivity contribution is 5.76. The zero-order valence-corrected chi connectivity index (χ0v) is 16.3. The van der Waals surface area contributed by atoms with E-state index in [0.717, 1.165) is 0 Å². The normalized spacial score (nSPS) is 14.6. The Balaban J connectivity index is 1.47. The summed E-state index contributed by atoms with van der Waals surface area (Å²) in [7, 11) is 0. The molecule has 0 saturated heterocycles. The Hall–Kier alpha value is -3.16. The lowest BCUT2D eigenvalue weighted by molar-refractivity contribution is -0.119. The zero-order chi connectivity index (χ0) is 20.4. The summed E-state index contributed by atoms with van der Waals surface area (Å²) >= 11 is 0. The van der Waals surface area contributed by atoms with E-state index in [0.29, 0.717) is 35.3 Å². The standard InChI is InChI=1S/C21H22FN3O4/c1-12(24-13(2)26)10-28-20-8-19-18(9-23-20)25-21(29-19)16-6-5-15(7-17(16)22)27-11-14-3-4-14/h5-9,12,14H,3-4,10-11H2,1-2H3,(H,24,26)/t12-/m0/s1. The van der Waals surface area contributed by atoms with Crippen LogP contribution in [0, 0.1) is 11.7 Å². The number of nitrogens with zero attached hydrogens (tertiary/aromatic N) is 2. The Bertz CT molecular complexity index is 1030. The van der Waals surface area contributed by atoms with Crippen molar-refractivity contribution in [1.29, 1.82) is 0 Å². The fourth-order valence-corrected chi connectivity index (χ4v) is 2.86. The van der Waals surface area contributed by atoms with E-state index in [1.165, 1.54) is 32.0 Å². The summed E-state index contributed by atoms with van der Waals surface area (Å²) < 4.78 is 31.4. The average Bonchev–Trinajstić information content (AvgIpc) is 3.41. The number of aromatic nitrogens is 2. The van der Waals surface area contributed by atoms with Crippen LogP contribution in [0.15, 0.2) is 34.9 Å². The quantitative estimate of drug-likeness (QED) is 0.621. The van der Waals surface area contributed by atoms with Gasteiger partial charge in [0.25, 0.3) is 0 Å². The minimum atomic E-state index is -0.460. The lowest BCUT2D eigenvalue weighted by Gasteiger charge is -2.12. The summed E-state index contributed by atoms with van der Waals surface area (Å²) in [6.07, 6.45) is 3.86. The molecule has 1 aliphatic carbocycles. The molecule has 8 heteroatoms. The maximum absolute atomic E-state index is 14.5. The van der Waals surface area contributed by atoms with Crippen LogP contribution >= 0.6 is 0 Å². The highest BCUT2D eigenvalue weighted by Gasteiger charge is 2.22. The predicted molar refractivity (Wildman–Crippen MR) is 104 cm³/mol. The van der Waals surface area contributed by atoms with Gasteiger partial charge in [-0.25, -0.2) is 14.4 Å². The van der Waals surface area contributed by atoms with Crippen molar-refractivity contribution >= 4 is 17.0 Å². The molecule has 0 unspecified atom stereocenters. The van der Waals surface area contributed by atoms with E-state index < -0.39 is 5.82 Å². The van der Waals surface area contributed by atoms with Crippen LogP contribution in [0.3, 0.4) is 0 Å². The Labute approximate surface area is 167 Å². The molecule has 152 valence electrons. The van der Waals surface area contributed by atoms with Gasteiger partial charge in [0.2, 0.25) is 17.7 Å². The van der Waals surface area contributed by atoms with Crippen molar-refractivity contribution in [3.8, 4) is 23.1 Å². The van der Waals surface area contributed by atoms with Gasteiger partial charge in [-0.2, -0.15) is 0 Å². The average molecular weight is 399 g/mol. The number of oxazole rings is 1. The number of carbonyl (C=O) groups excluding carboxylic acids is 1. The van der Waals surface area contributed by atoms with E-state index in [-0.39, 0.29) is 30.0 Å². The van der Waals surface area contributed by atoms with E-state index in [4.69, 9.17) is 13.9 Å². The molecule has 7 nitrogen and oxygen atoms in total. The van der Waals surface area contributed by atoms with Crippen LogP contribution in [0.4, 0.5) is 4.39 Å². The van der Waals surface area contributed by atoms with Crippen molar-refractivity contribution in [3.05, 3.63) is 36.3 Å². The number of amides is 1. The zero-order valence-electron chi connectivity index (χ0n) is 16.3. The van der Waals surface area contributed by atoms with E-state index >= 15 is 0 Å². The number of hydrogen-bond donors (Lipinski definition) is 1. The van der Waals surface area contributed by atoms with Gasteiger partial charge in [0.05, 0.1) is 24.4 Å². The van der Waals surface area contributed by atoms with Crippen LogP contribution in [0.1, 0.15) is 26.7 Å². The lowest BCUT2D eigenvalue weighted by Crippen LogP contribution is -2.35. The summed E-state index contributed by atoms with van der Waals surface area (Å²) in [6.45, 7) is 4.15. The smallest absolute Gasteiger partial charge is 0.230 e. The van der Waals surface area contributed by atoms with Crippen molar-refractivity contribution in [3.63, 3.8) is 0 Å². The van der Waals surface area contributed by atoms with Crippen LogP contribution in [0.5, 0.6) is 11.6 Å². The molecule has 0 spiro atoms. The lowest BCUT2D eigenvalue weighted by atomic mass is 10.2. The second-order valence-corrected chi connectivity index (χ2v) is 7.32. The van der Waals surface area contributed by atoms with Gasteiger partial charge in [0.1, 0.15) is 23.7 Å². The first-order valence-electron chi connectivity index (χ1n) is 9.57. The number of fused-ring (bicyclic) bond motifs is 1. The number of benzene rings is 1. The fraction of sp³-hybridized carbons (Fsp3) is 0.381. The van der Waals surface area contributed by atoms with Crippen LogP contribution in [-0.4, -0.2) is 35.1 Å². The SMILES string of the molecule is CC(=O)N[C@@H](C)COc1cc2oc(-c3ccc(OCC4CC4)cc3F)nc2cn1. The van der Waals surface area contributed by atoms with Gasteiger partial charge in [0.15, 0.2) is 5.58 Å². The van der Waals surface area contributed by atoms with E-state index in [2.05, 4.69) is 15.3 Å². The maximum Gasteiger partial charge on any atom is 0.230 e. The molecule has 1 saturated carbocycles. The molecule has 0 bridgehead atoms. The highest BCUT2D eigenvalue weighted by atomic mass is 19.1. The molecule has 2 aromatic heterocycles. The summed E-state index contributed by atoms with van der Waals surface area (Å²) in [4.78, 5) is 19.5. The van der Waals surface area contributed by atoms with E-state index in [1.54, 1.807) is 18.2 Å². The number of rotatable bonds is 8. The predicted octanol–water partition coefficient (Wildman–Crippen LogP) is 3.72. The third kappa shape index (κ3) is 4.82. The van der Waals surface area contributed by atoms with Gasteiger partial charge in [-0.1, -0.05) is 0 Å². The second-order valence-electron chi connectivity index (χ2n) is 7.32. The molecule has 3 aromatic rings. The Morgan fingerprint density at radius 2 is 2.17 bits per heavy atom. The molecule has 1 N–H and O–H groups in total. The molecule has 1 fully saturated rings. The molecule has 0 aliphatic heterocycles. The summed E-state index contributed by atoms with van der Waals surface area (Å²) in [5.74, 6) is 1.01. The highest BCUT2D eigenvalue weighted by Crippen LogP contribution is 2.32. The Morgan fingerprint density at radius 1 is 1.34 bits per heavy atom. The monoisotopic (exact) mass is 399 g/mol. The Morgan fingerprint density at radius 3 is 2.90 bits per heavy atom. The van der Waals surface area contributed by atoms with Gasteiger partial charge >= 0.3 is 0 Å². The maximum atomic E-state index is 14.5. The molecule has 1 amide bonds. The summed E-state index contributed by atoms with van der Waals surface area (Å²) in [5.41, 5.74) is 1.18. The molecule has 0 radical (unpaired) electrons. The third-order valence-electron chi connectivity index (χ3n) is 4.53. The molecule has 29 heavy (non-hydrogen) atoms. The third-order valence-corrected chi connectivity index (χ3v) is 4.53. The topological polar surface area (TPSA) is 86.5 Å². The minimum absolute atomic E-state index is 0.129. The Kier molecular flexibility index (Phi) is 5.33. The molecule has 1 atom stereocenters. The van der Waals surface area contributed by atoms with Gasteiger partial charge in [-0.3, -0.25) is 4.79 Å².